The third-order valence-corrected chi connectivity index (χ3v) is 5.62. The number of hydrogen-bond acceptors (Lipinski definition) is 3. The third-order valence-electron chi connectivity index (χ3n) is 4.29. The summed E-state index contributed by atoms with van der Waals surface area (Å²) < 4.78 is 14.7. The molecule has 2 amide bonds. The van der Waals surface area contributed by atoms with Crippen LogP contribution in [0.1, 0.15) is 43.4 Å². The lowest BCUT2D eigenvalue weighted by molar-refractivity contribution is -0.133. The average molecular weight is 407 g/mol. The fourth-order valence-corrected chi connectivity index (χ4v) is 4.08. The Balaban J connectivity index is 1.85. The zero-order valence-electron chi connectivity index (χ0n) is 14.9. The van der Waals surface area contributed by atoms with Crippen molar-refractivity contribution < 1.29 is 14.0 Å². The molecule has 2 aromatic rings. The largest absolute Gasteiger partial charge is 0.340 e. The molecule has 3 rings (SSSR count). The third kappa shape index (κ3) is 4.82. The Bertz CT molecular complexity index is 844. The van der Waals surface area contributed by atoms with E-state index in [0.717, 1.165) is 23.3 Å². The van der Waals surface area contributed by atoms with Crippen molar-refractivity contribution in [3.05, 3.63) is 64.4 Å². The van der Waals surface area contributed by atoms with Crippen molar-refractivity contribution in [2.75, 3.05) is 0 Å². The van der Waals surface area contributed by atoms with Crippen LogP contribution in [-0.4, -0.2) is 16.1 Å². The maximum Gasteiger partial charge on any atom is 0.260 e. The summed E-state index contributed by atoms with van der Waals surface area (Å²) in [7, 11) is 0. The van der Waals surface area contributed by atoms with E-state index in [1.54, 1.807) is 28.6 Å². The molecule has 0 aromatic heterocycles. The Hall–Kier alpha value is -2.05. The molecular weight excluding hydrogens is 387 g/mol. The van der Waals surface area contributed by atoms with Crippen LogP contribution in [0.3, 0.4) is 0 Å². The Morgan fingerprint density at radius 3 is 2.70 bits per heavy atom. The lowest BCUT2D eigenvalue weighted by Gasteiger charge is -2.33. The molecule has 27 heavy (non-hydrogen) atoms. The van der Waals surface area contributed by atoms with Crippen LogP contribution in [-0.2, 0) is 16.1 Å². The topological polar surface area (TPSA) is 49.4 Å². The fraction of sp³-hybridized carbons (Fsp3) is 0.300. The minimum Gasteiger partial charge on any atom is -0.340 e. The van der Waals surface area contributed by atoms with Gasteiger partial charge in [0, 0.05) is 21.9 Å². The van der Waals surface area contributed by atoms with Gasteiger partial charge in [0.05, 0.1) is 6.54 Å². The molecule has 0 fully saturated rings. The summed E-state index contributed by atoms with van der Waals surface area (Å²) >= 11 is 7.41. The van der Waals surface area contributed by atoms with E-state index in [4.69, 9.17) is 11.6 Å². The van der Waals surface area contributed by atoms with Gasteiger partial charge in [-0.05, 0) is 54.3 Å². The molecule has 1 heterocycles. The van der Waals surface area contributed by atoms with Crippen LogP contribution in [0.5, 0.6) is 0 Å². The molecule has 1 atom stereocenters. The van der Waals surface area contributed by atoms with E-state index in [0.29, 0.717) is 23.6 Å². The Morgan fingerprint density at radius 1 is 1.26 bits per heavy atom. The highest BCUT2D eigenvalue weighted by Crippen LogP contribution is 2.40. The first-order chi connectivity index (χ1) is 13.0. The van der Waals surface area contributed by atoms with E-state index in [1.807, 2.05) is 13.0 Å². The standard InChI is InChI=1S/C20H20ClFN2O2S/c1-2-3-4-18(25)23-19-16-11-14(21)7-10-17(16)27-24(20(19)26)12-13-5-8-15(22)9-6-13/h5-11,19H,2-4,12H2,1H3,(H,23,25). The predicted octanol–water partition coefficient (Wildman–Crippen LogP) is 4.88. The number of benzene rings is 2. The molecule has 0 spiro atoms. The number of rotatable bonds is 6. The number of halogens is 2. The number of nitrogens with one attached hydrogen (secondary N) is 1. The SMILES string of the molecule is CCCCC(=O)NC1C(=O)N(Cc2ccc(F)cc2)Sc2ccc(Cl)cc21. The van der Waals surface area contributed by atoms with E-state index in [-0.39, 0.29) is 17.6 Å². The van der Waals surface area contributed by atoms with Gasteiger partial charge < -0.3 is 5.32 Å². The van der Waals surface area contributed by atoms with Crippen LogP contribution in [0.15, 0.2) is 47.4 Å². The van der Waals surface area contributed by atoms with Gasteiger partial charge in [0.25, 0.3) is 5.91 Å². The number of hydrogen-bond donors (Lipinski definition) is 1. The van der Waals surface area contributed by atoms with E-state index in [2.05, 4.69) is 5.32 Å². The van der Waals surface area contributed by atoms with Crippen molar-refractivity contribution >= 4 is 35.4 Å². The van der Waals surface area contributed by atoms with Crippen molar-refractivity contribution in [1.29, 1.82) is 0 Å². The molecule has 7 heteroatoms. The number of carbonyl (C=O) groups is 2. The number of unbranched alkanes of at least 4 members (excludes halogenated alkanes) is 1. The van der Waals surface area contributed by atoms with Crippen LogP contribution in [0.4, 0.5) is 4.39 Å². The lowest BCUT2D eigenvalue weighted by atomic mass is 10.0. The summed E-state index contributed by atoms with van der Waals surface area (Å²) in [5.74, 6) is -0.698. The van der Waals surface area contributed by atoms with Crippen molar-refractivity contribution in [1.82, 2.24) is 9.62 Å². The second-order valence-corrected chi connectivity index (χ2v) is 7.88. The number of amides is 2. The van der Waals surface area contributed by atoms with Gasteiger partial charge >= 0.3 is 0 Å². The summed E-state index contributed by atoms with van der Waals surface area (Å²) in [6.45, 7) is 2.32. The first kappa shape index (κ1) is 19.7. The van der Waals surface area contributed by atoms with E-state index in [9.17, 15) is 14.0 Å². The summed E-state index contributed by atoms with van der Waals surface area (Å²) in [6.07, 6.45) is 2.05. The Kier molecular flexibility index (Phi) is 6.39. The molecule has 2 aromatic carbocycles. The highest BCUT2D eigenvalue weighted by Gasteiger charge is 2.35. The van der Waals surface area contributed by atoms with Gasteiger partial charge in [0.15, 0.2) is 0 Å². The minimum atomic E-state index is -0.773. The number of carbonyl (C=O) groups excluding carboxylic acids is 2. The molecule has 0 aliphatic carbocycles. The summed E-state index contributed by atoms with van der Waals surface area (Å²) in [5, 5.41) is 3.37. The van der Waals surface area contributed by atoms with Gasteiger partial charge in [-0.2, -0.15) is 0 Å². The molecule has 1 aliphatic rings. The first-order valence-electron chi connectivity index (χ1n) is 8.80. The molecule has 0 saturated heterocycles. The fourth-order valence-electron chi connectivity index (χ4n) is 2.84. The van der Waals surface area contributed by atoms with Crippen molar-refractivity contribution in [3.63, 3.8) is 0 Å². The van der Waals surface area contributed by atoms with Gasteiger partial charge in [-0.1, -0.05) is 37.1 Å². The predicted molar refractivity (Wildman–Crippen MR) is 105 cm³/mol. The molecule has 142 valence electrons. The van der Waals surface area contributed by atoms with Crippen molar-refractivity contribution in [3.8, 4) is 0 Å². The average Bonchev–Trinajstić information content (AvgIpc) is 2.65. The summed E-state index contributed by atoms with van der Waals surface area (Å²) in [6, 6.07) is 10.6. The Morgan fingerprint density at radius 2 is 2.00 bits per heavy atom. The maximum absolute atomic E-state index is 13.1. The van der Waals surface area contributed by atoms with Gasteiger partial charge in [0.1, 0.15) is 11.9 Å². The molecule has 0 bridgehead atoms. The number of fused-ring (bicyclic) bond motifs is 1. The van der Waals surface area contributed by atoms with Gasteiger partial charge in [-0.25, -0.2) is 4.39 Å². The van der Waals surface area contributed by atoms with Gasteiger partial charge in [-0.3, -0.25) is 13.9 Å². The maximum atomic E-state index is 13.1. The zero-order valence-corrected chi connectivity index (χ0v) is 16.4. The van der Waals surface area contributed by atoms with Crippen LogP contribution in [0.25, 0.3) is 0 Å². The highest BCUT2D eigenvalue weighted by atomic mass is 35.5. The van der Waals surface area contributed by atoms with Crippen LogP contribution in [0, 0.1) is 5.82 Å². The monoisotopic (exact) mass is 406 g/mol. The number of nitrogens with zero attached hydrogens (tertiary/aromatic N) is 1. The molecule has 1 N–H and O–H groups in total. The van der Waals surface area contributed by atoms with E-state index >= 15 is 0 Å². The second-order valence-electron chi connectivity index (χ2n) is 6.38. The minimum absolute atomic E-state index is 0.158. The normalized spacial score (nSPS) is 16.2. The first-order valence-corrected chi connectivity index (χ1v) is 9.95. The highest BCUT2D eigenvalue weighted by molar-refractivity contribution is 7.97. The van der Waals surface area contributed by atoms with Crippen LogP contribution in [0.2, 0.25) is 5.02 Å². The van der Waals surface area contributed by atoms with Crippen LogP contribution < -0.4 is 5.32 Å². The summed E-state index contributed by atoms with van der Waals surface area (Å²) in [4.78, 5) is 26.2. The lowest BCUT2D eigenvalue weighted by Crippen LogP contribution is -2.42. The molecule has 0 radical (unpaired) electrons. The molecular formula is C20H20ClFN2O2S. The Labute approximate surface area is 167 Å². The van der Waals surface area contributed by atoms with Crippen LogP contribution >= 0.6 is 23.5 Å². The molecule has 4 nitrogen and oxygen atoms in total. The van der Waals surface area contributed by atoms with E-state index in [1.165, 1.54) is 24.1 Å². The molecule has 1 unspecified atom stereocenters. The second kappa shape index (κ2) is 8.76. The molecule has 0 saturated carbocycles. The van der Waals surface area contributed by atoms with E-state index < -0.39 is 6.04 Å². The smallest absolute Gasteiger partial charge is 0.260 e. The summed E-state index contributed by atoms with van der Waals surface area (Å²) in [5.41, 5.74) is 1.52. The van der Waals surface area contributed by atoms with Crippen molar-refractivity contribution in [2.45, 2.75) is 43.7 Å². The quantitative estimate of drug-likeness (QED) is 0.696. The van der Waals surface area contributed by atoms with Crippen molar-refractivity contribution in [2.24, 2.45) is 0 Å². The van der Waals surface area contributed by atoms with Gasteiger partial charge in [-0.15, -0.1) is 0 Å². The zero-order chi connectivity index (χ0) is 19.4. The van der Waals surface area contributed by atoms with Gasteiger partial charge in [0.2, 0.25) is 5.91 Å². The molecule has 1 aliphatic heterocycles.